The van der Waals surface area contributed by atoms with Crippen LogP contribution < -0.4 is 19.6 Å². The van der Waals surface area contributed by atoms with Gasteiger partial charge in [-0.05, 0) is 60.2 Å². The number of methoxy groups -OCH3 is 1. The number of benzene rings is 3. The molecule has 0 aromatic heterocycles. The molecule has 3 rings (SSSR count). The first kappa shape index (κ1) is 23.1. The number of hydrogen-bond acceptors (Lipinski definition) is 6. The third-order valence-electron chi connectivity index (χ3n) is 4.07. The third kappa shape index (κ3) is 6.47. The summed E-state index contributed by atoms with van der Waals surface area (Å²) in [5.41, 5.74) is 3.32. The summed E-state index contributed by atoms with van der Waals surface area (Å²) in [6.45, 7) is -0.246. The molecule has 164 valence electrons. The van der Waals surface area contributed by atoms with E-state index in [-0.39, 0.29) is 12.4 Å². The lowest BCUT2D eigenvalue weighted by Gasteiger charge is -2.10. The number of hydrogen-bond donors (Lipinski definition) is 1. The molecule has 0 aliphatic carbocycles. The molecule has 0 saturated carbocycles. The van der Waals surface area contributed by atoms with Crippen LogP contribution in [-0.2, 0) is 4.79 Å². The number of nitrogens with one attached hydrogen (secondary N) is 1. The topological polar surface area (TPSA) is 86.2 Å². The van der Waals surface area contributed by atoms with Gasteiger partial charge in [-0.25, -0.2) is 10.2 Å². The van der Waals surface area contributed by atoms with E-state index in [2.05, 4.69) is 10.5 Å². The van der Waals surface area contributed by atoms with Gasteiger partial charge in [0.15, 0.2) is 18.1 Å². The van der Waals surface area contributed by atoms with Crippen LogP contribution in [0.15, 0.2) is 71.8 Å². The largest absolute Gasteiger partial charge is 0.493 e. The van der Waals surface area contributed by atoms with Crippen molar-refractivity contribution < 1.29 is 23.8 Å². The number of nitrogens with zero attached hydrogens (tertiary/aromatic N) is 1. The van der Waals surface area contributed by atoms with Gasteiger partial charge in [0, 0.05) is 5.02 Å². The van der Waals surface area contributed by atoms with Gasteiger partial charge in [0.1, 0.15) is 5.75 Å². The molecule has 9 heteroatoms. The molecule has 3 aromatic carbocycles. The standard InChI is InChI=1S/C23H18Cl2N2O5/c1-30-21-12-15(6-11-20(21)32-23(29)16-7-9-17(24)10-8-16)13-26-27-22(28)14-31-19-5-3-2-4-18(19)25/h2-13H,14H2,1H3,(H,27,28)/b26-13+. The van der Waals surface area contributed by atoms with Crippen molar-refractivity contribution in [1.29, 1.82) is 0 Å². The summed E-state index contributed by atoms with van der Waals surface area (Å²) in [6.07, 6.45) is 1.42. The molecule has 3 aromatic rings. The van der Waals surface area contributed by atoms with E-state index in [4.69, 9.17) is 37.4 Å². The smallest absolute Gasteiger partial charge is 0.343 e. The van der Waals surface area contributed by atoms with Crippen molar-refractivity contribution in [3.8, 4) is 17.2 Å². The molecule has 0 aliphatic rings. The molecule has 0 bridgehead atoms. The van der Waals surface area contributed by atoms with E-state index in [0.717, 1.165) is 0 Å². The number of carbonyl (C=O) groups is 2. The highest BCUT2D eigenvalue weighted by atomic mass is 35.5. The van der Waals surface area contributed by atoms with Gasteiger partial charge < -0.3 is 14.2 Å². The second-order valence-electron chi connectivity index (χ2n) is 6.32. The summed E-state index contributed by atoms with van der Waals surface area (Å²) in [7, 11) is 1.45. The number of rotatable bonds is 8. The molecule has 0 aliphatic heterocycles. The Labute approximate surface area is 194 Å². The first-order valence-corrected chi connectivity index (χ1v) is 10.1. The van der Waals surface area contributed by atoms with Gasteiger partial charge in [-0.2, -0.15) is 5.10 Å². The predicted octanol–water partition coefficient (Wildman–Crippen LogP) is 4.75. The molecular weight excluding hydrogens is 455 g/mol. The first-order valence-electron chi connectivity index (χ1n) is 9.31. The van der Waals surface area contributed by atoms with E-state index >= 15 is 0 Å². The summed E-state index contributed by atoms with van der Waals surface area (Å²) in [6, 6.07) is 18.0. The SMILES string of the molecule is COc1cc(/C=N/NC(=O)COc2ccccc2Cl)ccc1OC(=O)c1ccc(Cl)cc1. The molecule has 7 nitrogen and oxygen atoms in total. The second kappa shape index (κ2) is 11.2. The van der Waals surface area contributed by atoms with E-state index in [0.29, 0.717) is 32.7 Å². The fourth-order valence-corrected chi connectivity index (χ4v) is 2.83. The molecule has 0 saturated heterocycles. The highest BCUT2D eigenvalue weighted by molar-refractivity contribution is 6.32. The Hall–Kier alpha value is -3.55. The maximum atomic E-state index is 12.3. The molecule has 1 N–H and O–H groups in total. The fraction of sp³-hybridized carbons (Fsp3) is 0.0870. The maximum absolute atomic E-state index is 12.3. The lowest BCUT2D eigenvalue weighted by molar-refractivity contribution is -0.123. The zero-order valence-electron chi connectivity index (χ0n) is 16.9. The van der Waals surface area contributed by atoms with Gasteiger partial charge in [0.05, 0.1) is 23.9 Å². The maximum Gasteiger partial charge on any atom is 0.343 e. The number of esters is 1. The molecular formula is C23H18Cl2N2O5. The van der Waals surface area contributed by atoms with E-state index in [1.165, 1.54) is 13.3 Å². The van der Waals surface area contributed by atoms with Crippen LogP contribution in [0.4, 0.5) is 0 Å². The number of amides is 1. The van der Waals surface area contributed by atoms with Gasteiger partial charge in [0.25, 0.3) is 5.91 Å². The van der Waals surface area contributed by atoms with Gasteiger partial charge in [0.2, 0.25) is 0 Å². The number of halogens is 2. The number of carbonyl (C=O) groups excluding carboxylic acids is 2. The molecule has 0 radical (unpaired) electrons. The zero-order valence-corrected chi connectivity index (χ0v) is 18.4. The van der Waals surface area contributed by atoms with Gasteiger partial charge in [-0.1, -0.05) is 35.3 Å². The Morgan fingerprint density at radius 2 is 1.72 bits per heavy atom. The molecule has 0 unspecified atom stereocenters. The van der Waals surface area contributed by atoms with E-state index in [9.17, 15) is 9.59 Å². The first-order chi connectivity index (χ1) is 15.5. The Morgan fingerprint density at radius 3 is 2.44 bits per heavy atom. The third-order valence-corrected chi connectivity index (χ3v) is 4.63. The zero-order chi connectivity index (χ0) is 22.9. The minimum absolute atomic E-state index is 0.238. The average molecular weight is 473 g/mol. The van der Waals surface area contributed by atoms with Crippen molar-refractivity contribution in [2.45, 2.75) is 0 Å². The monoisotopic (exact) mass is 472 g/mol. The van der Waals surface area contributed by atoms with Crippen molar-refractivity contribution in [3.05, 3.63) is 87.9 Å². The van der Waals surface area contributed by atoms with Crippen LogP contribution in [0.5, 0.6) is 17.2 Å². The molecule has 0 heterocycles. The molecule has 0 atom stereocenters. The summed E-state index contributed by atoms with van der Waals surface area (Å²) >= 11 is 11.8. The quantitative estimate of drug-likeness (QED) is 0.221. The molecule has 0 fully saturated rings. The lowest BCUT2D eigenvalue weighted by Crippen LogP contribution is -2.24. The average Bonchev–Trinajstić information content (AvgIpc) is 2.79. The highest BCUT2D eigenvalue weighted by Crippen LogP contribution is 2.28. The van der Waals surface area contributed by atoms with Gasteiger partial charge in [-0.15, -0.1) is 0 Å². The second-order valence-corrected chi connectivity index (χ2v) is 7.16. The van der Waals surface area contributed by atoms with Crippen LogP contribution in [0.25, 0.3) is 0 Å². The van der Waals surface area contributed by atoms with Crippen molar-refractivity contribution in [3.63, 3.8) is 0 Å². The fourth-order valence-electron chi connectivity index (χ4n) is 2.51. The van der Waals surface area contributed by atoms with Crippen LogP contribution in [0.2, 0.25) is 10.0 Å². The highest BCUT2D eigenvalue weighted by Gasteiger charge is 2.13. The Kier molecular flexibility index (Phi) is 8.08. The van der Waals surface area contributed by atoms with Crippen LogP contribution in [0.1, 0.15) is 15.9 Å². The number of ether oxygens (including phenoxy) is 3. The van der Waals surface area contributed by atoms with E-state index in [1.54, 1.807) is 66.7 Å². The summed E-state index contributed by atoms with van der Waals surface area (Å²) in [5.74, 6) is -0.0398. The Balaban J connectivity index is 1.57. The van der Waals surface area contributed by atoms with Crippen LogP contribution in [0, 0.1) is 0 Å². The van der Waals surface area contributed by atoms with Crippen LogP contribution in [-0.4, -0.2) is 31.8 Å². The van der Waals surface area contributed by atoms with Crippen molar-refractivity contribution in [2.75, 3.05) is 13.7 Å². The van der Waals surface area contributed by atoms with Gasteiger partial charge >= 0.3 is 5.97 Å². The van der Waals surface area contributed by atoms with Gasteiger partial charge in [-0.3, -0.25) is 4.79 Å². The minimum atomic E-state index is -0.549. The Bertz CT molecular complexity index is 1130. The van der Waals surface area contributed by atoms with E-state index in [1.807, 2.05) is 0 Å². The summed E-state index contributed by atoms with van der Waals surface area (Å²) < 4.78 is 16.0. The predicted molar refractivity (Wildman–Crippen MR) is 122 cm³/mol. The van der Waals surface area contributed by atoms with Crippen molar-refractivity contribution in [2.24, 2.45) is 5.10 Å². The van der Waals surface area contributed by atoms with Crippen LogP contribution >= 0.6 is 23.2 Å². The molecule has 32 heavy (non-hydrogen) atoms. The van der Waals surface area contributed by atoms with E-state index < -0.39 is 11.9 Å². The lowest BCUT2D eigenvalue weighted by atomic mass is 10.2. The summed E-state index contributed by atoms with van der Waals surface area (Å²) in [5, 5.41) is 4.81. The van der Waals surface area contributed by atoms with Crippen molar-refractivity contribution in [1.82, 2.24) is 5.43 Å². The summed E-state index contributed by atoms with van der Waals surface area (Å²) in [4.78, 5) is 24.2. The molecule has 0 spiro atoms. The molecule has 1 amide bonds. The Morgan fingerprint density at radius 1 is 0.969 bits per heavy atom. The number of hydrazone groups is 1. The normalized spacial score (nSPS) is 10.6. The van der Waals surface area contributed by atoms with Crippen LogP contribution in [0.3, 0.4) is 0 Å². The number of para-hydroxylation sites is 1. The minimum Gasteiger partial charge on any atom is -0.493 e. The van der Waals surface area contributed by atoms with Crippen molar-refractivity contribution >= 4 is 41.3 Å².